The molecule has 0 amide bonds. The second-order valence-electron chi connectivity index (χ2n) is 11.5. The van der Waals surface area contributed by atoms with E-state index in [1.165, 1.54) is 15.9 Å². The minimum Gasteiger partial charge on any atom is -0.497 e. The molecular weight excluding hydrogens is 582 g/mol. The van der Waals surface area contributed by atoms with Gasteiger partial charge in [0.1, 0.15) is 11.6 Å². The monoisotopic (exact) mass is 615 g/mol. The summed E-state index contributed by atoms with van der Waals surface area (Å²) >= 11 is 6.23. The summed E-state index contributed by atoms with van der Waals surface area (Å²) < 4.78 is 35.7. The van der Waals surface area contributed by atoms with E-state index in [-0.39, 0.29) is 21.7 Å². The zero-order chi connectivity index (χ0) is 31.1. The Labute approximate surface area is 257 Å². The van der Waals surface area contributed by atoms with Gasteiger partial charge in [-0.25, -0.2) is 13.4 Å². The third-order valence-electron chi connectivity index (χ3n) is 7.70. The first-order valence-corrected chi connectivity index (χ1v) is 15.7. The van der Waals surface area contributed by atoms with Crippen LogP contribution in [0.5, 0.6) is 5.75 Å². The number of rotatable bonds is 7. The number of nitrogens with zero attached hydrogens (tertiary/aromatic N) is 3. The lowest BCUT2D eigenvalue weighted by Gasteiger charge is -2.27. The highest BCUT2D eigenvalue weighted by molar-refractivity contribution is 7.89. The summed E-state index contributed by atoms with van der Waals surface area (Å²) in [5, 5.41) is 0.986. The fraction of sp³-hybridized carbons (Fsp3) is 0.235. The minimum absolute atomic E-state index is 0.114. The summed E-state index contributed by atoms with van der Waals surface area (Å²) in [5.41, 5.74) is 3.28. The minimum atomic E-state index is -3.93. The van der Waals surface area contributed by atoms with Crippen molar-refractivity contribution in [2.24, 2.45) is 0 Å². The van der Waals surface area contributed by atoms with Crippen LogP contribution >= 0.6 is 11.6 Å². The molecule has 0 aliphatic carbocycles. The van der Waals surface area contributed by atoms with Gasteiger partial charge in [0.25, 0.3) is 5.56 Å². The van der Waals surface area contributed by atoms with E-state index in [0.717, 1.165) is 16.7 Å². The van der Waals surface area contributed by atoms with E-state index >= 15 is 0 Å². The smallest absolute Gasteiger partial charge is 0.266 e. The summed E-state index contributed by atoms with van der Waals surface area (Å²) in [6.45, 7) is 7.96. The Balaban J connectivity index is 1.66. The average molecular weight is 616 g/mol. The van der Waals surface area contributed by atoms with Crippen molar-refractivity contribution in [2.45, 2.75) is 44.0 Å². The van der Waals surface area contributed by atoms with E-state index in [1.807, 2.05) is 36.4 Å². The Morgan fingerprint density at radius 1 is 0.907 bits per heavy atom. The predicted molar refractivity (Wildman–Crippen MR) is 173 cm³/mol. The van der Waals surface area contributed by atoms with Crippen LogP contribution in [-0.2, 0) is 15.4 Å². The number of benzene rings is 4. The number of ether oxygens (including phenoxy) is 1. The second kappa shape index (κ2) is 11.6. The normalized spacial score (nSPS) is 12.9. The van der Waals surface area contributed by atoms with Gasteiger partial charge in [-0.3, -0.25) is 9.36 Å². The molecular formula is C34H34ClN3O4S. The van der Waals surface area contributed by atoms with Crippen LogP contribution in [0.2, 0.25) is 5.02 Å². The Kier molecular flexibility index (Phi) is 8.22. The van der Waals surface area contributed by atoms with E-state index in [4.69, 9.17) is 21.3 Å². The predicted octanol–water partition coefficient (Wildman–Crippen LogP) is 7.39. The van der Waals surface area contributed by atoms with Crippen LogP contribution in [0.25, 0.3) is 27.7 Å². The molecule has 0 spiro atoms. The van der Waals surface area contributed by atoms with Gasteiger partial charge in [-0.05, 0) is 89.7 Å². The number of sulfonamides is 1. The molecule has 5 aromatic rings. The van der Waals surface area contributed by atoms with Gasteiger partial charge >= 0.3 is 0 Å². The molecule has 0 aliphatic heterocycles. The zero-order valence-electron chi connectivity index (χ0n) is 25.0. The molecule has 0 saturated heterocycles. The second-order valence-corrected chi connectivity index (χ2v) is 14.0. The van der Waals surface area contributed by atoms with E-state index in [2.05, 4.69) is 20.8 Å². The van der Waals surface area contributed by atoms with E-state index < -0.39 is 16.1 Å². The van der Waals surface area contributed by atoms with Gasteiger partial charge in [0.05, 0.1) is 34.6 Å². The molecule has 0 saturated carbocycles. The van der Waals surface area contributed by atoms with E-state index in [1.54, 1.807) is 68.6 Å². The molecule has 43 heavy (non-hydrogen) atoms. The van der Waals surface area contributed by atoms with Gasteiger partial charge in [0.15, 0.2) is 0 Å². The largest absolute Gasteiger partial charge is 0.497 e. The summed E-state index contributed by atoms with van der Waals surface area (Å²) in [4.78, 5) is 19.3. The SMILES string of the molecule is COc1ccc(-n2c(C(C)N(C)S(=O)(=O)c3ccc(C(C)(C)C)cc3)nc3ccc(-c4cccc(Cl)c4)cc3c2=O)cc1. The first-order chi connectivity index (χ1) is 20.3. The van der Waals surface area contributed by atoms with Crippen LogP contribution < -0.4 is 10.3 Å². The maximum Gasteiger partial charge on any atom is 0.266 e. The summed E-state index contributed by atoms with van der Waals surface area (Å²) in [7, 11) is -0.850. The summed E-state index contributed by atoms with van der Waals surface area (Å²) in [6, 6.07) is 26.0. The molecule has 4 aromatic carbocycles. The highest BCUT2D eigenvalue weighted by atomic mass is 35.5. The van der Waals surface area contributed by atoms with Gasteiger partial charge < -0.3 is 4.74 Å². The molecule has 0 N–H and O–H groups in total. The Bertz CT molecular complexity index is 1960. The van der Waals surface area contributed by atoms with Crippen molar-refractivity contribution >= 4 is 32.5 Å². The van der Waals surface area contributed by atoms with Crippen molar-refractivity contribution in [1.82, 2.24) is 13.9 Å². The summed E-state index contributed by atoms with van der Waals surface area (Å²) in [6.07, 6.45) is 0. The fourth-order valence-corrected chi connectivity index (χ4v) is 6.49. The number of hydrogen-bond donors (Lipinski definition) is 0. The zero-order valence-corrected chi connectivity index (χ0v) is 26.6. The molecule has 0 bridgehead atoms. The molecule has 1 unspecified atom stereocenters. The van der Waals surface area contributed by atoms with Crippen molar-refractivity contribution < 1.29 is 13.2 Å². The van der Waals surface area contributed by atoms with Crippen LogP contribution in [0.4, 0.5) is 0 Å². The molecule has 222 valence electrons. The van der Waals surface area contributed by atoms with Crippen molar-refractivity contribution in [3.05, 3.63) is 118 Å². The van der Waals surface area contributed by atoms with Crippen molar-refractivity contribution in [3.8, 4) is 22.6 Å². The molecule has 5 rings (SSSR count). The van der Waals surface area contributed by atoms with E-state index in [0.29, 0.717) is 27.4 Å². The Hall–Kier alpha value is -3.98. The van der Waals surface area contributed by atoms with E-state index in [9.17, 15) is 13.2 Å². The van der Waals surface area contributed by atoms with Crippen molar-refractivity contribution in [2.75, 3.05) is 14.2 Å². The van der Waals surface area contributed by atoms with Gasteiger partial charge in [-0.1, -0.05) is 62.7 Å². The van der Waals surface area contributed by atoms with Crippen molar-refractivity contribution in [3.63, 3.8) is 0 Å². The molecule has 0 aliphatic rings. The number of aromatic nitrogens is 2. The van der Waals surface area contributed by atoms with Crippen LogP contribution in [0.15, 0.2) is 101 Å². The summed E-state index contributed by atoms with van der Waals surface area (Å²) in [5.74, 6) is 0.914. The molecule has 0 fully saturated rings. The quantitative estimate of drug-likeness (QED) is 0.191. The topological polar surface area (TPSA) is 81.5 Å². The molecule has 7 nitrogen and oxygen atoms in total. The lowest BCUT2D eigenvalue weighted by Crippen LogP contribution is -2.35. The standard InChI is InChI=1S/C34H34ClN3O4S/c1-22(37(5)43(40,41)29-17-11-25(12-18-29)34(2,3)4)32-36-31-19-10-24(23-8-7-9-26(35)20-23)21-30(31)33(39)38(32)27-13-15-28(42-6)16-14-27/h7-22H,1-6H3. The fourth-order valence-electron chi connectivity index (χ4n) is 4.98. The molecule has 1 atom stereocenters. The lowest BCUT2D eigenvalue weighted by molar-refractivity contribution is 0.379. The van der Waals surface area contributed by atoms with Gasteiger partial charge in [0, 0.05) is 12.1 Å². The maximum atomic E-state index is 14.2. The average Bonchev–Trinajstić information content (AvgIpc) is 3.00. The number of hydrogen-bond acceptors (Lipinski definition) is 5. The van der Waals surface area contributed by atoms with Gasteiger partial charge in [0.2, 0.25) is 10.0 Å². The molecule has 1 heterocycles. The van der Waals surface area contributed by atoms with Gasteiger partial charge in [-0.2, -0.15) is 4.31 Å². The third kappa shape index (κ3) is 5.95. The Morgan fingerprint density at radius 3 is 2.16 bits per heavy atom. The third-order valence-corrected chi connectivity index (χ3v) is 9.88. The number of halogens is 1. The highest BCUT2D eigenvalue weighted by Gasteiger charge is 2.30. The Morgan fingerprint density at radius 2 is 1.56 bits per heavy atom. The molecule has 9 heteroatoms. The van der Waals surface area contributed by atoms with Crippen LogP contribution in [0, 0.1) is 0 Å². The van der Waals surface area contributed by atoms with Crippen LogP contribution in [0.1, 0.15) is 45.1 Å². The highest BCUT2D eigenvalue weighted by Crippen LogP contribution is 2.31. The van der Waals surface area contributed by atoms with Crippen molar-refractivity contribution in [1.29, 1.82) is 0 Å². The lowest BCUT2D eigenvalue weighted by atomic mass is 9.87. The first-order valence-electron chi connectivity index (χ1n) is 13.9. The number of fused-ring (bicyclic) bond motifs is 1. The maximum absolute atomic E-state index is 14.2. The molecule has 1 aromatic heterocycles. The molecule has 0 radical (unpaired) electrons. The first kappa shape index (κ1) is 30.5. The van der Waals surface area contributed by atoms with Crippen LogP contribution in [0.3, 0.4) is 0 Å². The number of methoxy groups -OCH3 is 1. The van der Waals surface area contributed by atoms with Crippen LogP contribution in [-0.4, -0.2) is 36.4 Å². The van der Waals surface area contributed by atoms with Gasteiger partial charge in [-0.15, -0.1) is 0 Å².